The molecule has 4 rings (SSSR count). The molecule has 0 radical (unpaired) electrons. The summed E-state index contributed by atoms with van der Waals surface area (Å²) in [5.74, 6) is -0.181. The van der Waals surface area contributed by atoms with E-state index in [1.807, 2.05) is 25.1 Å². The molecule has 134 valence electrons. The Morgan fingerprint density at radius 1 is 1.15 bits per heavy atom. The van der Waals surface area contributed by atoms with Gasteiger partial charge in [-0.1, -0.05) is 11.6 Å². The van der Waals surface area contributed by atoms with Crippen molar-refractivity contribution in [2.75, 3.05) is 26.2 Å². The van der Waals surface area contributed by atoms with Crippen molar-refractivity contribution in [3.8, 4) is 0 Å². The molecule has 0 aliphatic carbocycles. The zero-order valence-corrected chi connectivity index (χ0v) is 14.3. The average Bonchev–Trinajstić information content (AvgIpc) is 3.30. The van der Waals surface area contributed by atoms with Gasteiger partial charge in [-0.2, -0.15) is 5.10 Å². The van der Waals surface area contributed by atoms with E-state index in [0.717, 1.165) is 16.5 Å². The van der Waals surface area contributed by atoms with E-state index >= 15 is 0 Å². The van der Waals surface area contributed by atoms with Gasteiger partial charge >= 0.3 is 0 Å². The van der Waals surface area contributed by atoms with Crippen LogP contribution in [0.4, 0.5) is 0 Å². The largest absolute Gasteiger partial charge is 0.338 e. The van der Waals surface area contributed by atoms with Crippen molar-refractivity contribution in [2.24, 2.45) is 0 Å². The summed E-state index contributed by atoms with van der Waals surface area (Å²) in [7, 11) is 0. The number of aryl methyl sites for hydroxylation is 1. The van der Waals surface area contributed by atoms with Crippen molar-refractivity contribution in [2.45, 2.75) is 13.5 Å². The van der Waals surface area contributed by atoms with Crippen LogP contribution >= 0.6 is 0 Å². The quantitative estimate of drug-likeness (QED) is 0.699. The minimum atomic E-state index is -0.116. The average molecular weight is 354 g/mol. The number of hydrogen-bond donors (Lipinski definition) is 1. The first kappa shape index (κ1) is 16.2. The Bertz CT molecular complexity index is 940. The van der Waals surface area contributed by atoms with E-state index in [-0.39, 0.29) is 18.4 Å². The van der Waals surface area contributed by atoms with Gasteiger partial charge in [-0.05, 0) is 29.5 Å². The van der Waals surface area contributed by atoms with E-state index < -0.39 is 0 Å². The van der Waals surface area contributed by atoms with Gasteiger partial charge in [0.05, 0.1) is 5.52 Å². The monoisotopic (exact) mass is 354 g/mol. The Balaban J connectivity index is 1.41. The van der Waals surface area contributed by atoms with Crippen LogP contribution in [0.25, 0.3) is 10.9 Å². The third-order valence-corrected chi connectivity index (χ3v) is 4.53. The number of aromatic amines is 1. The second kappa shape index (κ2) is 6.54. The SMILES string of the molecule is Cc1ccc2[nH]nc(C(=O)N3CCN(C(=O)Cn4cnnn4)CC3)c2c1. The number of H-pyrrole nitrogens is 1. The minimum Gasteiger partial charge on any atom is -0.338 e. The second-order valence-electron chi connectivity index (χ2n) is 6.30. The molecule has 1 aromatic carbocycles. The van der Waals surface area contributed by atoms with E-state index in [1.54, 1.807) is 9.80 Å². The highest BCUT2D eigenvalue weighted by Crippen LogP contribution is 2.19. The minimum absolute atomic E-state index is 0.0646. The fourth-order valence-electron chi connectivity index (χ4n) is 3.09. The van der Waals surface area contributed by atoms with E-state index in [1.165, 1.54) is 11.0 Å². The van der Waals surface area contributed by atoms with Crippen molar-refractivity contribution in [3.63, 3.8) is 0 Å². The van der Waals surface area contributed by atoms with Crippen LogP contribution < -0.4 is 0 Å². The molecule has 26 heavy (non-hydrogen) atoms. The van der Waals surface area contributed by atoms with Crippen LogP contribution in [-0.2, 0) is 11.3 Å². The van der Waals surface area contributed by atoms with Gasteiger partial charge in [0.15, 0.2) is 5.69 Å². The summed E-state index contributed by atoms with van der Waals surface area (Å²) < 4.78 is 1.39. The van der Waals surface area contributed by atoms with Crippen LogP contribution in [0.3, 0.4) is 0 Å². The molecule has 10 nitrogen and oxygen atoms in total. The van der Waals surface area contributed by atoms with Crippen LogP contribution in [0.15, 0.2) is 24.5 Å². The van der Waals surface area contributed by atoms with Crippen LogP contribution in [-0.4, -0.2) is 78.2 Å². The fourth-order valence-corrected chi connectivity index (χ4v) is 3.09. The summed E-state index contributed by atoms with van der Waals surface area (Å²) in [5, 5.41) is 18.6. The summed E-state index contributed by atoms with van der Waals surface area (Å²) in [5.41, 5.74) is 2.34. The number of aromatic nitrogens is 6. The number of benzene rings is 1. The molecule has 1 N–H and O–H groups in total. The maximum atomic E-state index is 12.8. The van der Waals surface area contributed by atoms with Gasteiger partial charge < -0.3 is 9.80 Å². The number of hydrogen-bond acceptors (Lipinski definition) is 6. The van der Waals surface area contributed by atoms with E-state index in [4.69, 9.17) is 0 Å². The molecule has 0 saturated carbocycles. The van der Waals surface area contributed by atoms with Crippen molar-refractivity contribution in [3.05, 3.63) is 35.8 Å². The highest BCUT2D eigenvalue weighted by molar-refractivity contribution is 6.04. The Kier molecular flexibility index (Phi) is 4.07. The van der Waals surface area contributed by atoms with Gasteiger partial charge in [0.25, 0.3) is 5.91 Å². The Morgan fingerprint density at radius 2 is 1.92 bits per heavy atom. The van der Waals surface area contributed by atoms with Gasteiger partial charge in [-0.25, -0.2) is 4.68 Å². The molecule has 1 aliphatic heterocycles. The van der Waals surface area contributed by atoms with E-state index in [2.05, 4.69) is 25.7 Å². The molecule has 1 saturated heterocycles. The number of tetrazole rings is 1. The molecule has 0 unspecified atom stereocenters. The predicted molar refractivity (Wildman–Crippen MR) is 91.1 cm³/mol. The Morgan fingerprint density at radius 3 is 2.65 bits per heavy atom. The summed E-state index contributed by atoms with van der Waals surface area (Å²) in [6.45, 7) is 3.99. The smallest absolute Gasteiger partial charge is 0.275 e. The van der Waals surface area contributed by atoms with Crippen molar-refractivity contribution in [1.82, 2.24) is 40.2 Å². The third-order valence-electron chi connectivity index (χ3n) is 4.53. The number of piperazine rings is 1. The molecule has 0 atom stereocenters. The molecular formula is C16H18N8O2. The summed E-state index contributed by atoms with van der Waals surface area (Å²) in [4.78, 5) is 28.6. The summed E-state index contributed by atoms with van der Waals surface area (Å²) in [6.07, 6.45) is 1.41. The first-order valence-corrected chi connectivity index (χ1v) is 8.34. The van der Waals surface area contributed by atoms with Crippen LogP contribution in [0.1, 0.15) is 16.1 Å². The van der Waals surface area contributed by atoms with Crippen LogP contribution in [0.2, 0.25) is 0 Å². The molecule has 0 bridgehead atoms. The first-order valence-electron chi connectivity index (χ1n) is 8.34. The number of carbonyl (C=O) groups excluding carboxylic acids is 2. The van der Waals surface area contributed by atoms with Crippen molar-refractivity contribution < 1.29 is 9.59 Å². The third kappa shape index (κ3) is 3.01. The van der Waals surface area contributed by atoms with Gasteiger partial charge in [0.2, 0.25) is 5.91 Å². The van der Waals surface area contributed by atoms with Crippen LogP contribution in [0, 0.1) is 6.92 Å². The number of nitrogens with one attached hydrogen (secondary N) is 1. The Labute approximate surface area is 148 Å². The molecule has 3 heterocycles. The number of rotatable bonds is 3. The summed E-state index contributed by atoms with van der Waals surface area (Å²) in [6, 6.07) is 5.85. The molecule has 2 amide bonds. The van der Waals surface area contributed by atoms with Crippen molar-refractivity contribution in [1.29, 1.82) is 0 Å². The predicted octanol–water partition coefficient (Wildman–Crippen LogP) is -0.158. The first-order chi connectivity index (χ1) is 12.6. The van der Waals surface area contributed by atoms with Crippen LogP contribution in [0.5, 0.6) is 0 Å². The van der Waals surface area contributed by atoms with E-state index in [0.29, 0.717) is 31.9 Å². The lowest BCUT2D eigenvalue weighted by molar-refractivity contribution is -0.133. The number of carbonyl (C=O) groups is 2. The van der Waals surface area contributed by atoms with Gasteiger partial charge in [0.1, 0.15) is 12.9 Å². The Hall–Kier alpha value is -3.30. The molecule has 2 aromatic heterocycles. The molecule has 1 aliphatic rings. The second-order valence-corrected chi connectivity index (χ2v) is 6.30. The zero-order chi connectivity index (χ0) is 18.1. The van der Waals surface area contributed by atoms with Gasteiger partial charge in [-0.3, -0.25) is 14.7 Å². The molecule has 10 heteroatoms. The standard InChI is InChI=1S/C16H18N8O2/c1-11-2-3-13-12(8-11)15(19-18-13)16(26)23-6-4-22(5-7-23)14(25)9-24-10-17-20-21-24/h2-3,8,10H,4-7,9H2,1H3,(H,18,19). The lowest BCUT2D eigenvalue weighted by Crippen LogP contribution is -2.51. The maximum Gasteiger partial charge on any atom is 0.275 e. The number of fused-ring (bicyclic) bond motifs is 1. The fraction of sp³-hybridized carbons (Fsp3) is 0.375. The topological polar surface area (TPSA) is 113 Å². The lowest BCUT2D eigenvalue weighted by Gasteiger charge is -2.34. The summed E-state index contributed by atoms with van der Waals surface area (Å²) >= 11 is 0. The molecular weight excluding hydrogens is 336 g/mol. The highest BCUT2D eigenvalue weighted by atomic mass is 16.2. The molecule has 3 aromatic rings. The molecule has 0 spiro atoms. The highest BCUT2D eigenvalue weighted by Gasteiger charge is 2.27. The van der Waals surface area contributed by atoms with Crippen molar-refractivity contribution >= 4 is 22.7 Å². The van der Waals surface area contributed by atoms with Gasteiger partial charge in [-0.15, -0.1) is 5.10 Å². The lowest BCUT2D eigenvalue weighted by atomic mass is 10.1. The molecule has 1 fully saturated rings. The number of amides is 2. The normalized spacial score (nSPS) is 14.8. The van der Waals surface area contributed by atoms with Gasteiger partial charge in [0, 0.05) is 31.6 Å². The zero-order valence-electron chi connectivity index (χ0n) is 14.3. The number of nitrogens with zero attached hydrogens (tertiary/aromatic N) is 7. The van der Waals surface area contributed by atoms with E-state index in [9.17, 15) is 9.59 Å². The maximum absolute atomic E-state index is 12.8.